The molecule has 0 rings (SSSR count). The summed E-state index contributed by atoms with van der Waals surface area (Å²) >= 11 is 0. The van der Waals surface area contributed by atoms with Gasteiger partial charge in [-0.15, -0.1) is 0 Å². The van der Waals surface area contributed by atoms with Crippen LogP contribution in [-0.4, -0.2) is 27.1 Å². The van der Waals surface area contributed by atoms with Gasteiger partial charge in [0.1, 0.15) is 0 Å². The fraction of sp³-hybridized carbons (Fsp3) is 1.00. The molecule has 0 aromatic carbocycles. The van der Waals surface area contributed by atoms with Crippen LogP contribution in [0.15, 0.2) is 0 Å². The van der Waals surface area contributed by atoms with Crippen LogP contribution in [-0.2, 0) is 22.7 Å². The van der Waals surface area contributed by atoms with Crippen molar-refractivity contribution in [3.05, 3.63) is 0 Å². The van der Waals surface area contributed by atoms with Gasteiger partial charge in [0.15, 0.2) is 5.79 Å². The Balaban J connectivity index is 5.12. The van der Waals surface area contributed by atoms with Crippen molar-refractivity contribution in [3.8, 4) is 0 Å². The molecule has 0 aliphatic rings. The second-order valence-electron chi connectivity index (χ2n) is 9.34. The van der Waals surface area contributed by atoms with Crippen molar-refractivity contribution in [2.24, 2.45) is 0 Å². The first-order valence-corrected chi connectivity index (χ1v) is 16.6. The Kier molecular flexibility index (Phi) is 20.4. The van der Waals surface area contributed by atoms with Crippen LogP contribution in [0.2, 0.25) is 0 Å². The van der Waals surface area contributed by atoms with Gasteiger partial charge in [0.25, 0.3) is 0 Å². The molecule has 0 aromatic heterocycles. The summed E-state index contributed by atoms with van der Waals surface area (Å²) < 4.78 is 40.3. The van der Waals surface area contributed by atoms with Crippen molar-refractivity contribution in [3.63, 3.8) is 0 Å². The zero-order chi connectivity index (χ0) is 25.8. The Hall–Kier alpha value is 0.220. The number of phosphoric acid groups is 2. The quantitative estimate of drug-likeness (QED) is 0.0611. The number of hydrogen-bond acceptors (Lipinski definition) is 5. The summed E-state index contributed by atoms with van der Waals surface area (Å²) in [5.74, 6) is -1.85. The van der Waals surface area contributed by atoms with E-state index < -0.39 is 21.4 Å². The van der Waals surface area contributed by atoms with Crippen LogP contribution < -0.4 is 0 Å². The van der Waals surface area contributed by atoms with Gasteiger partial charge in [-0.1, -0.05) is 111 Å². The standard InChI is InChI=1S/C24H52O8P2/c1-4-7-10-13-16-19-22-24(31-33(25,26)27,21-18-15-12-9-6-3)32-34(28,29)30-23-20-17-14-11-8-5-2/h4-23H2,1-3H3,(H,28,29)(H2,25,26,27). The summed E-state index contributed by atoms with van der Waals surface area (Å²) in [4.78, 5) is 29.5. The topological polar surface area (TPSA) is 123 Å². The van der Waals surface area contributed by atoms with Gasteiger partial charge in [-0.3, -0.25) is 13.6 Å². The molecule has 0 bridgehead atoms. The summed E-state index contributed by atoms with van der Waals surface area (Å²) in [5, 5.41) is 0. The molecule has 2 unspecified atom stereocenters. The minimum atomic E-state index is -4.96. The Morgan fingerprint density at radius 1 is 0.559 bits per heavy atom. The Bertz CT molecular complexity index is 569. The molecule has 0 radical (unpaired) electrons. The minimum Gasteiger partial charge on any atom is -0.303 e. The largest absolute Gasteiger partial charge is 0.474 e. The first-order chi connectivity index (χ1) is 16.1. The van der Waals surface area contributed by atoms with Gasteiger partial charge in [-0.05, 0) is 19.3 Å². The third-order valence-corrected chi connectivity index (χ3v) is 7.53. The molecule has 0 aliphatic heterocycles. The molecule has 0 fully saturated rings. The van der Waals surface area contributed by atoms with Gasteiger partial charge in [0.05, 0.1) is 6.61 Å². The van der Waals surface area contributed by atoms with Gasteiger partial charge >= 0.3 is 15.6 Å². The molecule has 0 saturated heterocycles. The molecule has 0 aromatic rings. The average molecular weight is 531 g/mol. The lowest BCUT2D eigenvalue weighted by atomic mass is 9.99. The van der Waals surface area contributed by atoms with Crippen LogP contribution in [0.4, 0.5) is 0 Å². The van der Waals surface area contributed by atoms with Crippen molar-refractivity contribution >= 4 is 15.6 Å². The summed E-state index contributed by atoms with van der Waals surface area (Å²) in [5.41, 5.74) is 0. The highest BCUT2D eigenvalue weighted by molar-refractivity contribution is 7.47. The zero-order valence-electron chi connectivity index (χ0n) is 21.9. The predicted molar refractivity (Wildman–Crippen MR) is 137 cm³/mol. The lowest BCUT2D eigenvalue weighted by Gasteiger charge is -2.34. The van der Waals surface area contributed by atoms with Gasteiger partial charge in [0, 0.05) is 12.8 Å². The first-order valence-electron chi connectivity index (χ1n) is 13.5. The maximum absolute atomic E-state index is 12.7. The molecule has 0 aliphatic carbocycles. The smallest absolute Gasteiger partial charge is 0.303 e. The minimum absolute atomic E-state index is 0.0550. The van der Waals surface area contributed by atoms with E-state index in [2.05, 4.69) is 20.8 Å². The van der Waals surface area contributed by atoms with Crippen molar-refractivity contribution < 1.29 is 37.4 Å². The summed E-state index contributed by atoms with van der Waals surface area (Å²) in [6.07, 6.45) is 16.5. The number of hydrogen-bond donors (Lipinski definition) is 3. The maximum Gasteiger partial charge on any atom is 0.474 e. The zero-order valence-corrected chi connectivity index (χ0v) is 23.7. The third kappa shape index (κ3) is 20.4. The Morgan fingerprint density at radius 2 is 0.941 bits per heavy atom. The Morgan fingerprint density at radius 3 is 1.35 bits per heavy atom. The monoisotopic (exact) mass is 530 g/mol. The second-order valence-corrected chi connectivity index (χ2v) is 11.9. The summed E-state index contributed by atoms with van der Waals surface area (Å²) in [6, 6.07) is 0. The average Bonchev–Trinajstić information content (AvgIpc) is 2.74. The van der Waals surface area contributed by atoms with E-state index in [0.29, 0.717) is 19.3 Å². The van der Waals surface area contributed by atoms with Crippen LogP contribution in [0.25, 0.3) is 0 Å². The van der Waals surface area contributed by atoms with Gasteiger partial charge in [-0.25, -0.2) is 9.13 Å². The Labute approximate surface area is 208 Å². The van der Waals surface area contributed by atoms with Crippen LogP contribution in [0.3, 0.4) is 0 Å². The van der Waals surface area contributed by atoms with Crippen LogP contribution in [0.5, 0.6) is 0 Å². The van der Waals surface area contributed by atoms with Gasteiger partial charge in [-0.2, -0.15) is 0 Å². The van der Waals surface area contributed by atoms with Gasteiger partial charge < -0.3 is 14.7 Å². The normalized spacial score (nSPS) is 15.8. The number of phosphoric ester groups is 2. The van der Waals surface area contributed by atoms with E-state index in [4.69, 9.17) is 13.6 Å². The van der Waals surface area contributed by atoms with E-state index >= 15 is 0 Å². The molecule has 10 heteroatoms. The fourth-order valence-corrected chi connectivity index (χ4v) is 5.78. The van der Waals surface area contributed by atoms with Crippen LogP contribution in [0, 0.1) is 0 Å². The van der Waals surface area contributed by atoms with E-state index in [1.54, 1.807) is 0 Å². The van der Waals surface area contributed by atoms with Crippen molar-refractivity contribution in [1.29, 1.82) is 0 Å². The highest BCUT2D eigenvalue weighted by Gasteiger charge is 2.44. The van der Waals surface area contributed by atoms with Crippen molar-refractivity contribution in [2.45, 2.75) is 149 Å². The molecular formula is C24H52O8P2. The molecule has 34 heavy (non-hydrogen) atoms. The van der Waals surface area contributed by atoms with Crippen molar-refractivity contribution in [1.82, 2.24) is 0 Å². The van der Waals surface area contributed by atoms with E-state index in [0.717, 1.165) is 83.5 Å². The van der Waals surface area contributed by atoms with E-state index in [9.17, 15) is 23.8 Å². The summed E-state index contributed by atoms with van der Waals surface area (Å²) in [7, 11) is -9.52. The molecule has 206 valence electrons. The molecule has 0 heterocycles. The van der Waals surface area contributed by atoms with Crippen molar-refractivity contribution in [2.75, 3.05) is 6.61 Å². The fourth-order valence-electron chi connectivity index (χ4n) is 4.01. The molecule has 0 amide bonds. The molecular weight excluding hydrogens is 478 g/mol. The SMILES string of the molecule is CCCCCCCCOP(=O)(O)OC(CCCCCCC)(CCCCCCCC)OP(=O)(O)O. The summed E-state index contributed by atoms with van der Waals surface area (Å²) in [6.45, 7) is 6.43. The lowest BCUT2D eigenvalue weighted by Crippen LogP contribution is -2.34. The molecule has 0 spiro atoms. The maximum atomic E-state index is 12.7. The van der Waals surface area contributed by atoms with Crippen LogP contribution >= 0.6 is 15.6 Å². The molecule has 8 nitrogen and oxygen atoms in total. The van der Waals surface area contributed by atoms with E-state index in [1.807, 2.05) is 0 Å². The van der Waals surface area contributed by atoms with Crippen LogP contribution in [0.1, 0.15) is 143 Å². The molecule has 2 atom stereocenters. The molecule has 3 N–H and O–H groups in total. The van der Waals surface area contributed by atoms with E-state index in [1.165, 1.54) is 6.42 Å². The highest BCUT2D eigenvalue weighted by atomic mass is 31.2. The van der Waals surface area contributed by atoms with E-state index in [-0.39, 0.29) is 19.4 Å². The first kappa shape index (κ1) is 34.2. The molecule has 0 saturated carbocycles. The second kappa shape index (κ2) is 20.3. The van der Waals surface area contributed by atoms with Gasteiger partial charge in [0.2, 0.25) is 0 Å². The highest BCUT2D eigenvalue weighted by Crippen LogP contribution is 2.55. The predicted octanol–water partition coefficient (Wildman–Crippen LogP) is 8.40. The lowest BCUT2D eigenvalue weighted by molar-refractivity contribution is -0.153. The third-order valence-electron chi connectivity index (χ3n) is 5.89. The number of unbranched alkanes of at least 4 members (excludes halogenated alkanes) is 14. The number of rotatable bonds is 25.